The molecule has 0 aliphatic rings. The Labute approximate surface area is 103 Å². The maximum absolute atomic E-state index is 10.7. The summed E-state index contributed by atoms with van der Waals surface area (Å²) in [4.78, 5) is 10.7. The topological polar surface area (TPSA) is 49.3 Å². The van der Waals surface area contributed by atoms with E-state index in [0.29, 0.717) is 6.54 Å². The second kappa shape index (κ2) is 5.82. The van der Waals surface area contributed by atoms with Crippen LogP contribution in [0.5, 0.6) is 0 Å². The summed E-state index contributed by atoms with van der Waals surface area (Å²) in [6, 6.07) is 4.34. The normalized spacial score (nSPS) is 12.5. The fourth-order valence-corrected chi connectivity index (χ4v) is 1.72. The molecule has 0 aromatic heterocycles. The van der Waals surface area contributed by atoms with E-state index in [0.717, 1.165) is 6.54 Å². The number of aliphatic carboxylic acids is 1. The van der Waals surface area contributed by atoms with Crippen LogP contribution in [0.1, 0.15) is 29.2 Å². The predicted octanol–water partition coefficient (Wildman–Crippen LogP) is 2.42. The first kappa shape index (κ1) is 13.7. The van der Waals surface area contributed by atoms with Crippen LogP contribution in [0.4, 0.5) is 0 Å². The highest BCUT2D eigenvalue weighted by Crippen LogP contribution is 2.15. The average Bonchev–Trinajstić information content (AvgIpc) is 2.25. The molecule has 0 heterocycles. The lowest BCUT2D eigenvalue weighted by Crippen LogP contribution is -2.26. The standard InChI is InChI=1S/C14H21NO2/c1-9-5-11(3)13(6-10(9)2)8-15-7-12(4)14(16)17/h5-6,12,15H,7-8H2,1-4H3,(H,16,17). The van der Waals surface area contributed by atoms with Crippen molar-refractivity contribution < 1.29 is 9.90 Å². The van der Waals surface area contributed by atoms with Crippen molar-refractivity contribution in [3.63, 3.8) is 0 Å². The Bertz CT molecular complexity index is 413. The van der Waals surface area contributed by atoms with Crippen LogP contribution < -0.4 is 5.32 Å². The summed E-state index contributed by atoms with van der Waals surface area (Å²) in [6.45, 7) is 9.23. The lowest BCUT2D eigenvalue weighted by molar-refractivity contribution is -0.140. The molecule has 0 radical (unpaired) electrons. The molecule has 94 valence electrons. The Morgan fingerprint density at radius 1 is 1.24 bits per heavy atom. The number of aryl methyl sites for hydroxylation is 3. The fraction of sp³-hybridized carbons (Fsp3) is 0.500. The molecule has 3 heteroatoms. The maximum Gasteiger partial charge on any atom is 0.307 e. The van der Waals surface area contributed by atoms with Crippen molar-refractivity contribution in [3.8, 4) is 0 Å². The summed E-state index contributed by atoms with van der Waals surface area (Å²) < 4.78 is 0. The quantitative estimate of drug-likeness (QED) is 0.824. The highest BCUT2D eigenvalue weighted by atomic mass is 16.4. The van der Waals surface area contributed by atoms with Gasteiger partial charge in [0.25, 0.3) is 0 Å². The second-order valence-corrected chi connectivity index (χ2v) is 4.73. The van der Waals surface area contributed by atoms with Crippen molar-refractivity contribution >= 4 is 5.97 Å². The molecule has 0 bridgehead atoms. The first-order valence-corrected chi connectivity index (χ1v) is 5.92. The number of carboxylic acids is 1. The minimum atomic E-state index is -0.755. The van der Waals surface area contributed by atoms with Crippen LogP contribution in [0.3, 0.4) is 0 Å². The summed E-state index contributed by atoms with van der Waals surface area (Å²) >= 11 is 0. The summed E-state index contributed by atoms with van der Waals surface area (Å²) in [5, 5.41) is 12.0. The van der Waals surface area contributed by atoms with E-state index in [1.807, 2.05) is 0 Å². The van der Waals surface area contributed by atoms with E-state index in [9.17, 15) is 4.79 Å². The smallest absolute Gasteiger partial charge is 0.307 e. The van der Waals surface area contributed by atoms with Crippen LogP contribution in [0.15, 0.2) is 12.1 Å². The van der Waals surface area contributed by atoms with Gasteiger partial charge in [-0.2, -0.15) is 0 Å². The summed E-state index contributed by atoms with van der Waals surface area (Å²) in [5.41, 5.74) is 5.07. The van der Waals surface area contributed by atoms with Gasteiger partial charge in [0.2, 0.25) is 0 Å². The molecule has 1 aromatic rings. The third-order valence-electron chi connectivity index (χ3n) is 3.14. The van der Waals surface area contributed by atoms with Crippen molar-refractivity contribution in [3.05, 3.63) is 34.4 Å². The molecule has 17 heavy (non-hydrogen) atoms. The molecule has 0 saturated heterocycles. The van der Waals surface area contributed by atoms with Gasteiger partial charge in [-0.15, -0.1) is 0 Å². The molecular weight excluding hydrogens is 214 g/mol. The highest BCUT2D eigenvalue weighted by molar-refractivity contribution is 5.69. The van der Waals surface area contributed by atoms with Crippen molar-refractivity contribution in [2.75, 3.05) is 6.54 Å². The predicted molar refractivity (Wildman–Crippen MR) is 69.2 cm³/mol. The van der Waals surface area contributed by atoms with Crippen molar-refractivity contribution in [2.24, 2.45) is 5.92 Å². The van der Waals surface area contributed by atoms with Gasteiger partial charge in [0.15, 0.2) is 0 Å². The largest absolute Gasteiger partial charge is 0.481 e. The van der Waals surface area contributed by atoms with Gasteiger partial charge in [0, 0.05) is 13.1 Å². The van der Waals surface area contributed by atoms with Gasteiger partial charge < -0.3 is 10.4 Å². The Kier molecular flexibility index (Phi) is 4.70. The van der Waals surface area contributed by atoms with Crippen LogP contribution in [-0.4, -0.2) is 17.6 Å². The summed E-state index contributed by atoms with van der Waals surface area (Å²) in [6.07, 6.45) is 0. The lowest BCUT2D eigenvalue weighted by Gasteiger charge is -2.12. The first-order chi connectivity index (χ1) is 7.91. The van der Waals surface area contributed by atoms with Crippen LogP contribution >= 0.6 is 0 Å². The third kappa shape index (κ3) is 3.86. The lowest BCUT2D eigenvalue weighted by atomic mass is 10.0. The average molecular weight is 235 g/mol. The van der Waals surface area contributed by atoms with Gasteiger partial charge in [0.05, 0.1) is 5.92 Å². The summed E-state index contributed by atoms with van der Waals surface area (Å²) in [5.74, 6) is -1.10. The molecular formula is C14H21NO2. The number of nitrogens with one attached hydrogen (secondary N) is 1. The van der Waals surface area contributed by atoms with Gasteiger partial charge in [-0.1, -0.05) is 19.1 Å². The Balaban J connectivity index is 2.58. The number of rotatable bonds is 5. The molecule has 1 atom stereocenters. The fourth-order valence-electron chi connectivity index (χ4n) is 1.72. The van der Waals surface area contributed by atoms with E-state index in [2.05, 4.69) is 38.2 Å². The number of hydrogen-bond donors (Lipinski definition) is 2. The number of carbonyl (C=O) groups is 1. The SMILES string of the molecule is Cc1cc(C)c(CNCC(C)C(=O)O)cc1C. The van der Waals surface area contributed by atoms with E-state index in [-0.39, 0.29) is 5.92 Å². The molecule has 2 N–H and O–H groups in total. The van der Waals surface area contributed by atoms with E-state index >= 15 is 0 Å². The Morgan fingerprint density at radius 2 is 1.82 bits per heavy atom. The second-order valence-electron chi connectivity index (χ2n) is 4.73. The zero-order chi connectivity index (χ0) is 13.0. The molecule has 0 saturated carbocycles. The van der Waals surface area contributed by atoms with Crippen molar-refractivity contribution in [2.45, 2.75) is 34.2 Å². The van der Waals surface area contributed by atoms with E-state index in [4.69, 9.17) is 5.11 Å². The molecule has 0 aliphatic heterocycles. The third-order valence-corrected chi connectivity index (χ3v) is 3.14. The molecule has 0 aliphatic carbocycles. The molecule has 0 amide bonds. The Hall–Kier alpha value is -1.35. The minimum Gasteiger partial charge on any atom is -0.481 e. The molecule has 3 nitrogen and oxygen atoms in total. The van der Waals surface area contributed by atoms with Crippen LogP contribution in [0.2, 0.25) is 0 Å². The monoisotopic (exact) mass is 235 g/mol. The van der Waals surface area contributed by atoms with Crippen LogP contribution in [0, 0.1) is 26.7 Å². The van der Waals surface area contributed by atoms with Gasteiger partial charge >= 0.3 is 5.97 Å². The number of carboxylic acid groups (broad SMARTS) is 1. The van der Waals surface area contributed by atoms with E-state index in [1.54, 1.807) is 6.92 Å². The number of benzene rings is 1. The van der Waals surface area contributed by atoms with Crippen molar-refractivity contribution in [1.82, 2.24) is 5.32 Å². The van der Waals surface area contributed by atoms with Gasteiger partial charge in [-0.05, 0) is 43.0 Å². The molecule has 1 unspecified atom stereocenters. The maximum atomic E-state index is 10.7. The van der Waals surface area contributed by atoms with E-state index < -0.39 is 5.97 Å². The zero-order valence-electron chi connectivity index (χ0n) is 11.0. The molecule has 0 spiro atoms. The minimum absolute atomic E-state index is 0.346. The highest BCUT2D eigenvalue weighted by Gasteiger charge is 2.10. The van der Waals surface area contributed by atoms with Gasteiger partial charge in [-0.25, -0.2) is 0 Å². The zero-order valence-corrected chi connectivity index (χ0v) is 11.0. The van der Waals surface area contributed by atoms with Gasteiger partial charge in [0.1, 0.15) is 0 Å². The molecule has 0 fully saturated rings. The van der Waals surface area contributed by atoms with Gasteiger partial charge in [-0.3, -0.25) is 4.79 Å². The summed E-state index contributed by atoms with van der Waals surface area (Å²) in [7, 11) is 0. The van der Waals surface area contributed by atoms with Crippen LogP contribution in [0.25, 0.3) is 0 Å². The Morgan fingerprint density at radius 3 is 2.41 bits per heavy atom. The first-order valence-electron chi connectivity index (χ1n) is 5.92. The van der Waals surface area contributed by atoms with Crippen LogP contribution in [-0.2, 0) is 11.3 Å². The molecule has 1 aromatic carbocycles. The van der Waals surface area contributed by atoms with E-state index in [1.165, 1.54) is 22.3 Å². The molecule has 1 rings (SSSR count). The van der Waals surface area contributed by atoms with Crippen molar-refractivity contribution in [1.29, 1.82) is 0 Å². The number of hydrogen-bond acceptors (Lipinski definition) is 2.